The molecule has 0 saturated carbocycles. The first-order chi connectivity index (χ1) is 14.2. The van der Waals surface area contributed by atoms with E-state index in [2.05, 4.69) is 26.6 Å². The number of carbonyl (C=O) groups is 3. The van der Waals surface area contributed by atoms with Crippen LogP contribution in [0.1, 0.15) is 11.1 Å². The summed E-state index contributed by atoms with van der Waals surface area (Å²) in [4.78, 5) is 37.6. The molecule has 7 nitrogen and oxygen atoms in total. The summed E-state index contributed by atoms with van der Waals surface area (Å²) < 4.78 is 6.14. The number of anilines is 1. The fourth-order valence-corrected chi connectivity index (χ4v) is 3.30. The second kappa shape index (κ2) is 9.19. The van der Waals surface area contributed by atoms with E-state index in [0.29, 0.717) is 21.5 Å². The van der Waals surface area contributed by atoms with Crippen LogP contribution in [0.25, 0.3) is 6.08 Å². The lowest BCUT2D eigenvalue weighted by Crippen LogP contribution is -2.52. The van der Waals surface area contributed by atoms with Gasteiger partial charge < -0.3 is 10.1 Å². The Morgan fingerprint density at radius 1 is 1.23 bits per heavy atom. The number of carbonyl (C=O) groups excluding carboxylic acids is 3. The molecule has 154 valence electrons. The first-order valence-electron chi connectivity index (χ1n) is 8.88. The van der Waals surface area contributed by atoms with E-state index in [0.717, 1.165) is 5.56 Å². The van der Waals surface area contributed by atoms with Crippen molar-refractivity contribution in [3.05, 3.63) is 63.6 Å². The first-order valence-corrected chi connectivity index (χ1v) is 10.1. The predicted octanol–water partition coefficient (Wildman–Crippen LogP) is 3.03. The zero-order chi connectivity index (χ0) is 21.8. The van der Waals surface area contributed by atoms with Crippen molar-refractivity contribution < 1.29 is 19.1 Å². The molecule has 0 spiro atoms. The maximum absolute atomic E-state index is 12.3. The van der Waals surface area contributed by atoms with Gasteiger partial charge in [0.2, 0.25) is 0 Å². The van der Waals surface area contributed by atoms with Crippen molar-refractivity contribution >= 4 is 62.7 Å². The third kappa shape index (κ3) is 5.11. The number of hydrogen-bond acceptors (Lipinski definition) is 5. The quantitative estimate of drug-likeness (QED) is 0.384. The van der Waals surface area contributed by atoms with Gasteiger partial charge in [-0.05, 0) is 71.0 Å². The number of thiocarbonyl (C=S) groups is 1. The van der Waals surface area contributed by atoms with Gasteiger partial charge in [0.1, 0.15) is 11.3 Å². The summed E-state index contributed by atoms with van der Waals surface area (Å²) >= 11 is 8.31. The highest BCUT2D eigenvalue weighted by Crippen LogP contribution is 2.27. The molecule has 3 rings (SSSR count). The molecule has 30 heavy (non-hydrogen) atoms. The summed E-state index contributed by atoms with van der Waals surface area (Å²) in [7, 11) is 1.49. The fraction of sp³-hybridized carbons (Fsp3) is 0.143. The zero-order valence-electron chi connectivity index (χ0n) is 16.2. The van der Waals surface area contributed by atoms with Crippen molar-refractivity contribution in [2.45, 2.75) is 6.92 Å². The second-order valence-corrected chi connectivity index (χ2v) is 7.82. The van der Waals surface area contributed by atoms with Gasteiger partial charge in [-0.2, -0.15) is 0 Å². The molecule has 0 aliphatic carbocycles. The molecule has 1 aliphatic rings. The van der Waals surface area contributed by atoms with E-state index >= 15 is 0 Å². The van der Waals surface area contributed by atoms with Crippen LogP contribution in [0, 0.1) is 6.92 Å². The Morgan fingerprint density at radius 2 is 1.93 bits per heavy atom. The number of halogens is 1. The summed E-state index contributed by atoms with van der Waals surface area (Å²) in [5.74, 6) is -0.866. The largest absolute Gasteiger partial charge is 0.483 e. The smallest absolute Gasteiger partial charge is 0.265 e. The number of nitrogens with zero attached hydrogens (tertiary/aromatic N) is 1. The number of aryl methyl sites for hydroxylation is 1. The summed E-state index contributed by atoms with van der Waals surface area (Å²) in [5.41, 5.74) is 2.38. The van der Waals surface area contributed by atoms with Crippen LogP contribution in [0.15, 0.2) is 52.5 Å². The molecule has 0 atom stereocenters. The number of ether oxygens (including phenoxy) is 1. The van der Waals surface area contributed by atoms with Crippen molar-refractivity contribution in [2.24, 2.45) is 0 Å². The van der Waals surface area contributed by atoms with Crippen LogP contribution in [0.4, 0.5) is 5.69 Å². The zero-order valence-corrected chi connectivity index (χ0v) is 18.6. The molecule has 1 saturated heterocycles. The van der Waals surface area contributed by atoms with E-state index in [9.17, 15) is 14.4 Å². The molecule has 2 aromatic rings. The molecule has 0 aromatic heterocycles. The highest BCUT2D eigenvalue weighted by atomic mass is 79.9. The van der Waals surface area contributed by atoms with Crippen LogP contribution in [0.3, 0.4) is 0 Å². The van der Waals surface area contributed by atoms with E-state index in [4.69, 9.17) is 17.0 Å². The Balaban J connectivity index is 1.66. The molecule has 9 heteroatoms. The lowest BCUT2D eigenvalue weighted by molar-refractivity contribution is -0.128. The molecule has 0 unspecified atom stereocenters. The Bertz CT molecular complexity index is 1070. The third-order valence-corrected chi connectivity index (χ3v) is 5.26. The Labute approximate surface area is 187 Å². The number of likely N-dealkylation sites (N-methyl/N-ethyl adjacent to an activating group) is 1. The maximum Gasteiger partial charge on any atom is 0.265 e. The summed E-state index contributed by atoms with van der Waals surface area (Å²) in [6.45, 7) is 1.80. The van der Waals surface area contributed by atoms with Gasteiger partial charge in [0.05, 0.1) is 4.47 Å². The molecule has 1 aliphatic heterocycles. The number of rotatable bonds is 5. The van der Waals surface area contributed by atoms with Gasteiger partial charge in [-0.15, -0.1) is 0 Å². The highest BCUT2D eigenvalue weighted by molar-refractivity contribution is 9.10. The van der Waals surface area contributed by atoms with Crippen molar-refractivity contribution in [2.75, 3.05) is 19.0 Å². The van der Waals surface area contributed by atoms with Gasteiger partial charge in [0, 0.05) is 12.7 Å². The minimum absolute atomic E-state index is 0.0239. The number of hydrogen-bond donors (Lipinski definition) is 2. The van der Waals surface area contributed by atoms with Gasteiger partial charge in [0.15, 0.2) is 11.7 Å². The number of nitrogens with one attached hydrogen (secondary N) is 2. The standard InChI is InChI=1S/C21H18BrN3O4S/c1-12-3-6-14(7-4-12)23-18(26)11-29-17-8-5-13(10-16(17)22)9-15-19(27)24-21(30)25(2)20(15)28/h3-10H,11H2,1-2H3,(H,23,26)(H,24,27,30). The van der Waals surface area contributed by atoms with Gasteiger partial charge in [0.25, 0.3) is 17.7 Å². The lowest BCUT2D eigenvalue weighted by atomic mass is 10.1. The first kappa shape index (κ1) is 21.7. The Kier molecular flexibility index (Phi) is 6.63. The Morgan fingerprint density at radius 3 is 2.60 bits per heavy atom. The van der Waals surface area contributed by atoms with Gasteiger partial charge in [-0.1, -0.05) is 23.8 Å². The average Bonchev–Trinajstić information content (AvgIpc) is 2.70. The van der Waals surface area contributed by atoms with Gasteiger partial charge >= 0.3 is 0 Å². The number of benzene rings is 2. The van der Waals surface area contributed by atoms with Crippen LogP contribution in [-0.2, 0) is 14.4 Å². The van der Waals surface area contributed by atoms with E-state index in [1.54, 1.807) is 18.2 Å². The average molecular weight is 488 g/mol. The van der Waals surface area contributed by atoms with Gasteiger partial charge in [-0.25, -0.2) is 0 Å². The molecule has 2 N–H and O–H groups in total. The maximum atomic E-state index is 12.3. The van der Waals surface area contributed by atoms with Crippen molar-refractivity contribution in [3.8, 4) is 5.75 Å². The fourth-order valence-electron chi connectivity index (χ4n) is 2.61. The highest BCUT2D eigenvalue weighted by Gasteiger charge is 2.30. The predicted molar refractivity (Wildman–Crippen MR) is 121 cm³/mol. The number of amides is 3. The molecular formula is C21H18BrN3O4S. The SMILES string of the molecule is Cc1ccc(NC(=O)COc2ccc(C=C3C(=O)NC(=S)N(C)C3=O)cc2Br)cc1. The van der Waals surface area contributed by atoms with E-state index < -0.39 is 11.8 Å². The molecule has 3 amide bonds. The minimum Gasteiger partial charge on any atom is -0.483 e. The van der Waals surface area contributed by atoms with Crippen molar-refractivity contribution in [1.82, 2.24) is 10.2 Å². The van der Waals surface area contributed by atoms with Crippen molar-refractivity contribution in [3.63, 3.8) is 0 Å². The molecule has 2 aromatic carbocycles. The van der Waals surface area contributed by atoms with Crippen LogP contribution < -0.4 is 15.4 Å². The molecular weight excluding hydrogens is 470 g/mol. The summed E-state index contributed by atoms with van der Waals surface area (Å²) in [5, 5.41) is 5.28. The van der Waals surface area contributed by atoms with E-state index in [-0.39, 0.29) is 23.2 Å². The summed E-state index contributed by atoms with van der Waals surface area (Å²) in [6, 6.07) is 12.5. The second-order valence-electron chi connectivity index (χ2n) is 6.57. The third-order valence-electron chi connectivity index (χ3n) is 4.27. The molecule has 0 bridgehead atoms. The van der Waals surface area contributed by atoms with E-state index in [1.807, 2.05) is 31.2 Å². The van der Waals surface area contributed by atoms with Crippen molar-refractivity contribution in [1.29, 1.82) is 0 Å². The van der Waals surface area contributed by atoms with Crippen LogP contribution in [0.2, 0.25) is 0 Å². The Hall–Kier alpha value is -3.04. The molecule has 1 heterocycles. The summed E-state index contributed by atoms with van der Waals surface area (Å²) in [6.07, 6.45) is 1.47. The van der Waals surface area contributed by atoms with Gasteiger partial charge in [-0.3, -0.25) is 24.6 Å². The minimum atomic E-state index is -0.549. The monoisotopic (exact) mass is 487 g/mol. The van der Waals surface area contributed by atoms with Crippen LogP contribution in [0.5, 0.6) is 5.75 Å². The van der Waals surface area contributed by atoms with Crippen LogP contribution >= 0.6 is 28.1 Å². The molecule has 0 radical (unpaired) electrons. The lowest BCUT2D eigenvalue weighted by Gasteiger charge is -2.25. The van der Waals surface area contributed by atoms with Crippen LogP contribution in [-0.4, -0.2) is 41.4 Å². The topological polar surface area (TPSA) is 87.7 Å². The normalized spacial score (nSPS) is 15.2. The molecule has 1 fully saturated rings. The van der Waals surface area contributed by atoms with E-state index in [1.165, 1.54) is 18.0 Å².